The van der Waals surface area contributed by atoms with E-state index < -0.39 is 17.9 Å². The number of carbonyl (C=O) groups excluding carboxylic acids is 3. The molecule has 2 rings (SSSR count). The highest BCUT2D eigenvalue weighted by Crippen LogP contribution is 2.35. The number of hydrogen-bond donors (Lipinski definition) is 1. The van der Waals surface area contributed by atoms with Crippen LogP contribution in [-0.2, 0) is 28.6 Å². The van der Waals surface area contributed by atoms with E-state index in [4.69, 9.17) is 16.9 Å². The van der Waals surface area contributed by atoms with Crippen molar-refractivity contribution in [2.75, 3.05) is 39.3 Å². The third-order valence-electron chi connectivity index (χ3n) is 4.59. The number of anilines is 1. The number of nitriles is 1. The second kappa shape index (κ2) is 13.8. The van der Waals surface area contributed by atoms with Gasteiger partial charge in [0.15, 0.2) is 0 Å². The van der Waals surface area contributed by atoms with Crippen LogP contribution in [0.25, 0.3) is 6.08 Å². The van der Waals surface area contributed by atoms with Gasteiger partial charge in [-0.3, -0.25) is 9.59 Å². The molecular weight excluding hydrogens is 514 g/mol. The van der Waals surface area contributed by atoms with Gasteiger partial charge < -0.3 is 24.2 Å². The van der Waals surface area contributed by atoms with Crippen molar-refractivity contribution >= 4 is 63.4 Å². The summed E-state index contributed by atoms with van der Waals surface area (Å²) in [7, 11) is 3.71. The number of hydrogen-bond acceptors (Lipinski definition) is 13. The zero-order chi connectivity index (χ0) is 26.7. The van der Waals surface area contributed by atoms with Crippen molar-refractivity contribution in [1.82, 2.24) is 4.98 Å². The molecule has 0 saturated heterocycles. The zero-order valence-electron chi connectivity index (χ0n) is 19.6. The van der Waals surface area contributed by atoms with Crippen molar-refractivity contribution in [3.8, 4) is 11.8 Å². The van der Waals surface area contributed by atoms with E-state index in [0.29, 0.717) is 10.6 Å². The molecule has 1 aromatic heterocycles. The minimum atomic E-state index is -0.817. The Bertz CT molecular complexity index is 1200. The number of rotatable bonds is 11. The van der Waals surface area contributed by atoms with Crippen LogP contribution < -0.4 is 4.90 Å². The van der Waals surface area contributed by atoms with Crippen LogP contribution in [0.3, 0.4) is 0 Å². The summed E-state index contributed by atoms with van der Waals surface area (Å²) in [5.41, 5.74) is 0.398. The van der Waals surface area contributed by atoms with Crippen LogP contribution in [0.5, 0.6) is 5.75 Å². The van der Waals surface area contributed by atoms with Crippen molar-refractivity contribution in [3.05, 3.63) is 33.8 Å². The molecule has 0 aliphatic heterocycles. The second-order valence-electron chi connectivity index (χ2n) is 6.83. The summed E-state index contributed by atoms with van der Waals surface area (Å²) in [5.74, 6) is -1.87. The molecule has 2 aromatic rings. The Morgan fingerprint density at radius 1 is 1.14 bits per heavy atom. The second-order valence-corrected chi connectivity index (χ2v) is 8.19. The number of phenols is 1. The number of ether oxygens (including phenoxy) is 3. The fraction of sp³-hybridized carbons (Fsp3) is 0.318. The first-order chi connectivity index (χ1) is 17.2. The summed E-state index contributed by atoms with van der Waals surface area (Å²) >= 11 is 7.03. The van der Waals surface area contributed by atoms with Gasteiger partial charge in [-0.15, -0.1) is 10.2 Å². The minimum absolute atomic E-state index is 0.0111. The highest BCUT2D eigenvalue weighted by molar-refractivity contribution is 7.16. The van der Waals surface area contributed by atoms with E-state index in [9.17, 15) is 19.5 Å². The molecule has 1 heterocycles. The van der Waals surface area contributed by atoms with Gasteiger partial charge in [-0.1, -0.05) is 22.9 Å². The molecule has 1 N–H and O–H groups in total. The highest BCUT2D eigenvalue weighted by Gasteiger charge is 2.15. The Labute approximate surface area is 215 Å². The summed E-state index contributed by atoms with van der Waals surface area (Å²) in [6.07, 6.45) is 1.38. The van der Waals surface area contributed by atoms with Gasteiger partial charge in [0.2, 0.25) is 5.13 Å². The first kappa shape index (κ1) is 28.2. The quantitative estimate of drug-likeness (QED) is 0.146. The number of azo groups is 1. The number of methoxy groups -OCH3 is 3. The van der Waals surface area contributed by atoms with E-state index in [-0.39, 0.29) is 53.2 Å². The van der Waals surface area contributed by atoms with Gasteiger partial charge in [0.05, 0.1) is 39.0 Å². The zero-order valence-corrected chi connectivity index (χ0v) is 21.1. The summed E-state index contributed by atoms with van der Waals surface area (Å²) in [5, 5.41) is 27.6. The Morgan fingerprint density at radius 2 is 1.78 bits per heavy atom. The molecule has 0 atom stereocenters. The lowest BCUT2D eigenvalue weighted by molar-refractivity contribution is -0.140. The van der Waals surface area contributed by atoms with Gasteiger partial charge in [0.25, 0.3) is 0 Å². The Balaban J connectivity index is 2.23. The van der Waals surface area contributed by atoms with Gasteiger partial charge >= 0.3 is 17.9 Å². The van der Waals surface area contributed by atoms with Crippen molar-refractivity contribution in [2.45, 2.75) is 12.8 Å². The maximum Gasteiger partial charge on any atom is 0.348 e. The van der Waals surface area contributed by atoms with E-state index in [1.54, 1.807) is 17.0 Å². The smallest absolute Gasteiger partial charge is 0.348 e. The molecule has 36 heavy (non-hydrogen) atoms. The van der Waals surface area contributed by atoms with Gasteiger partial charge in [-0.25, -0.2) is 9.78 Å². The first-order valence-corrected chi connectivity index (χ1v) is 11.4. The monoisotopic (exact) mass is 535 g/mol. The minimum Gasteiger partial charge on any atom is -0.506 e. The standard InChI is InChI=1S/C22H22ClN5O7S/c1-33-18(30)6-8-28(9-7-19(31)34-2)14-4-5-15(16(29)11-14)26-27-22-25-20(23)17(36-22)10-13(12-24)21(32)35-3/h4-5,10-11,29H,6-9H2,1-3H3/b13-10+,27-26?. The number of thiazole rings is 1. The first-order valence-electron chi connectivity index (χ1n) is 10.2. The summed E-state index contributed by atoms with van der Waals surface area (Å²) in [4.78, 5) is 40.7. The number of carbonyl (C=O) groups is 3. The van der Waals surface area contributed by atoms with E-state index in [2.05, 4.69) is 29.4 Å². The third kappa shape index (κ3) is 8.03. The maximum atomic E-state index is 11.6. The number of aromatic nitrogens is 1. The van der Waals surface area contributed by atoms with E-state index in [1.807, 2.05) is 0 Å². The van der Waals surface area contributed by atoms with Crippen LogP contribution in [0, 0.1) is 11.3 Å². The largest absolute Gasteiger partial charge is 0.506 e. The lowest BCUT2D eigenvalue weighted by Crippen LogP contribution is -2.29. The van der Waals surface area contributed by atoms with Crippen molar-refractivity contribution in [3.63, 3.8) is 0 Å². The summed E-state index contributed by atoms with van der Waals surface area (Å²) in [6, 6.07) is 6.28. The molecule has 0 unspecified atom stereocenters. The molecule has 0 bridgehead atoms. The Morgan fingerprint density at radius 3 is 2.31 bits per heavy atom. The van der Waals surface area contributed by atoms with Crippen LogP contribution in [0.2, 0.25) is 5.15 Å². The molecule has 1 aromatic carbocycles. The van der Waals surface area contributed by atoms with E-state index in [0.717, 1.165) is 18.4 Å². The highest BCUT2D eigenvalue weighted by atomic mass is 35.5. The number of benzene rings is 1. The molecule has 190 valence electrons. The lowest BCUT2D eigenvalue weighted by atomic mass is 10.2. The van der Waals surface area contributed by atoms with Crippen LogP contribution >= 0.6 is 22.9 Å². The number of phenolic OH excluding ortho intramolecular Hbond substituents is 1. The number of esters is 3. The maximum absolute atomic E-state index is 11.6. The van der Waals surface area contributed by atoms with Crippen molar-refractivity contribution < 1.29 is 33.7 Å². The molecule has 0 saturated carbocycles. The summed E-state index contributed by atoms with van der Waals surface area (Å²) < 4.78 is 13.9. The van der Waals surface area contributed by atoms with Crippen LogP contribution in [0.15, 0.2) is 34.0 Å². The molecule has 12 nitrogen and oxygen atoms in total. The Kier molecular flexibility index (Phi) is 10.8. The molecule has 0 spiro atoms. The molecule has 14 heteroatoms. The van der Waals surface area contributed by atoms with Crippen LogP contribution in [0.4, 0.5) is 16.5 Å². The molecule has 0 fully saturated rings. The fourth-order valence-corrected chi connectivity index (χ4v) is 3.75. The normalized spacial score (nSPS) is 11.1. The third-order valence-corrected chi connectivity index (χ3v) is 5.88. The summed E-state index contributed by atoms with van der Waals surface area (Å²) in [6.45, 7) is 0.488. The molecule has 0 aliphatic rings. The van der Waals surface area contributed by atoms with Crippen LogP contribution in [0.1, 0.15) is 17.7 Å². The van der Waals surface area contributed by atoms with Gasteiger partial charge in [-0.05, 0) is 18.2 Å². The lowest BCUT2D eigenvalue weighted by Gasteiger charge is -2.24. The Hall–Kier alpha value is -4.02. The molecule has 0 amide bonds. The fourth-order valence-electron chi connectivity index (χ4n) is 2.73. The average molecular weight is 536 g/mol. The predicted octanol–water partition coefficient (Wildman–Crippen LogP) is 3.93. The van der Waals surface area contributed by atoms with E-state index in [1.165, 1.54) is 32.4 Å². The number of aromatic hydroxyl groups is 1. The van der Waals surface area contributed by atoms with Gasteiger partial charge in [0, 0.05) is 24.8 Å². The van der Waals surface area contributed by atoms with Gasteiger partial charge in [-0.2, -0.15) is 5.26 Å². The van der Waals surface area contributed by atoms with E-state index >= 15 is 0 Å². The van der Waals surface area contributed by atoms with Crippen LogP contribution in [-0.4, -0.2) is 62.4 Å². The number of halogens is 1. The number of nitrogens with zero attached hydrogens (tertiary/aromatic N) is 5. The average Bonchev–Trinajstić information content (AvgIpc) is 3.24. The SMILES string of the molecule is COC(=O)CCN(CCC(=O)OC)c1ccc(N=Nc2nc(Cl)c(/C=C(\C#N)C(=O)OC)s2)c(O)c1. The molecule has 0 radical (unpaired) electrons. The van der Waals surface area contributed by atoms with Crippen molar-refractivity contribution in [2.24, 2.45) is 10.2 Å². The topological polar surface area (TPSA) is 164 Å². The van der Waals surface area contributed by atoms with Gasteiger partial charge in [0.1, 0.15) is 28.2 Å². The molecule has 0 aliphatic carbocycles. The molecular formula is C22H22ClN5O7S. The van der Waals surface area contributed by atoms with Crippen molar-refractivity contribution in [1.29, 1.82) is 5.26 Å². The predicted molar refractivity (Wildman–Crippen MR) is 130 cm³/mol.